The van der Waals surface area contributed by atoms with E-state index < -0.39 is 11.9 Å². The minimum absolute atomic E-state index is 0.0332. The van der Waals surface area contributed by atoms with Gasteiger partial charge in [-0.2, -0.15) is 0 Å². The molecule has 1 unspecified atom stereocenters. The van der Waals surface area contributed by atoms with Crippen LogP contribution in [-0.4, -0.2) is 11.8 Å². The molecule has 0 N–H and O–H groups in total. The molecule has 0 aromatic rings. The largest absolute Gasteiger partial charge is 0.375 e. The molecule has 86 valence electrons. The molecule has 0 amide bonds. The van der Waals surface area contributed by atoms with Crippen molar-refractivity contribution in [2.24, 2.45) is 5.92 Å². The van der Waals surface area contributed by atoms with Gasteiger partial charge in [0.2, 0.25) is 0 Å². The maximum Gasteiger partial charge on any atom is 0.375 e. The summed E-state index contributed by atoms with van der Waals surface area (Å²) in [5.74, 6) is -1.51. The van der Waals surface area contributed by atoms with Crippen molar-refractivity contribution < 1.29 is 19.1 Å². The first-order chi connectivity index (χ1) is 7.20. The second-order valence-electron chi connectivity index (χ2n) is 2.97. The molecule has 0 fully saturated rings. The topological polar surface area (TPSA) is 43.4 Å². The van der Waals surface area contributed by atoms with Gasteiger partial charge in [-0.25, -0.2) is 9.74 Å². The number of halogens is 1. The standard InChI is InChI=1S/C9H11FO3.C2H6/c1-2-8(11)6-4-3-5-7(6)9(12)13-10;1-2/h5-6H,2-4H2,1H3;1-2H3. The van der Waals surface area contributed by atoms with Gasteiger partial charge in [0.05, 0.1) is 0 Å². The molecule has 4 heteroatoms. The molecule has 1 rings (SSSR count). The molecule has 0 spiro atoms. The summed E-state index contributed by atoms with van der Waals surface area (Å²) in [6.45, 7) is 5.72. The van der Waals surface area contributed by atoms with Crippen LogP contribution in [0.3, 0.4) is 0 Å². The molecule has 0 aliphatic heterocycles. The maximum atomic E-state index is 11.6. The number of hydrogen-bond acceptors (Lipinski definition) is 3. The molecule has 0 aromatic heterocycles. The number of carbonyl (C=O) groups is 2. The number of Topliss-reactive ketones (excluding diaryl/α,β-unsaturated/α-hetero) is 1. The van der Waals surface area contributed by atoms with E-state index in [-0.39, 0.29) is 11.4 Å². The monoisotopic (exact) mass is 216 g/mol. The van der Waals surface area contributed by atoms with Crippen LogP contribution in [0.5, 0.6) is 0 Å². The zero-order valence-electron chi connectivity index (χ0n) is 9.38. The van der Waals surface area contributed by atoms with E-state index in [0.29, 0.717) is 19.3 Å². The van der Waals surface area contributed by atoms with E-state index in [9.17, 15) is 14.1 Å². The van der Waals surface area contributed by atoms with Gasteiger partial charge in [0.15, 0.2) is 0 Å². The van der Waals surface area contributed by atoms with Gasteiger partial charge in [-0.05, 0) is 12.8 Å². The molecule has 1 aliphatic carbocycles. The van der Waals surface area contributed by atoms with Crippen LogP contribution in [0.2, 0.25) is 0 Å². The Bertz CT molecular complexity index is 259. The van der Waals surface area contributed by atoms with Crippen LogP contribution in [0.4, 0.5) is 4.53 Å². The number of carbonyl (C=O) groups excluding carboxylic acids is 2. The predicted molar refractivity (Wildman–Crippen MR) is 54.7 cm³/mol. The van der Waals surface area contributed by atoms with E-state index in [4.69, 9.17) is 0 Å². The van der Waals surface area contributed by atoms with Gasteiger partial charge in [-0.1, -0.05) is 26.8 Å². The molecule has 3 nitrogen and oxygen atoms in total. The van der Waals surface area contributed by atoms with Crippen LogP contribution < -0.4 is 0 Å². The van der Waals surface area contributed by atoms with E-state index in [1.54, 1.807) is 13.0 Å². The zero-order chi connectivity index (χ0) is 11.8. The molecule has 1 atom stereocenters. The van der Waals surface area contributed by atoms with Crippen LogP contribution in [-0.2, 0) is 14.5 Å². The Morgan fingerprint density at radius 3 is 2.60 bits per heavy atom. The van der Waals surface area contributed by atoms with E-state index in [1.807, 2.05) is 13.8 Å². The van der Waals surface area contributed by atoms with Crippen LogP contribution in [0.15, 0.2) is 11.6 Å². The van der Waals surface area contributed by atoms with E-state index in [2.05, 4.69) is 4.94 Å². The van der Waals surface area contributed by atoms with Crippen molar-refractivity contribution >= 4 is 11.8 Å². The van der Waals surface area contributed by atoms with Crippen LogP contribution in [0.1, 0.15) is 40.0 Å². The molecule has 1 aliphatic rings. The summed E-state index contributed by atoms with van der Waals surface area (Å²) in [4.78, 5) is 25.2. The number of allylic oxidation sites excluding steroid dienone is 1. The summed E-state index contributed by atoms with van der Waals surface area (Å²) >= 11 is 0. The highest BCUT2D eigenvalue weighted by Gasteiger charge is 2.31. The molecule has 0 saturated heterocycles. The van der Waals surface area contributed by atoms with Crippen LogP contribution in [0.25, 0.3) is 0 Å². The normalized spacial score (nSPS) is 18.7. The van der Waals surface area contributed by atoms with E-state index in [0.717, 1.165) is 0 Å². The van der Waals surface area contributed by atoms with E-state index in [1.165, 1.54) is 0 Å². The van der Waals surface area contributed by atoms with Gasteiger partial charge >= 0.3 is 5.97 Å². The lowest BCUT2D eigenvalue weighted by atomic mass is 9.95. The van der Waals surface area contributed by atoms with Gasteiger partial charge in [0.1, 0.15) is 5.78 Å². The van der Waals surface area contributed by atoms with Crippen molar-refractivity contribution in [2.75, 3.05) is 0 Å². The predicted octanol–water partition coefficient (Wildman–Crippen LogP) is 2.76. The number of ketones is 1. The Hall–Kier alpha value is -1.19. The minimum atomic E-state index is -1.02. The fourth-order valence-corrected chi connectivity index (χ4v) is 1.55. The average Bonchev–Trinajstić information content (AvgIpc) is 2.78. The maximum absolute atomic E-state index is 11.6. The summed E-state index contributed by atoms with van der Waals surface area (Å²) < 4.78 is 11.6. The van der Waals surface area contributed by atoms with Gasteiger partial charge in [-0.15, -0.1) is 0 Å². The number of hydrogen-bond donors (Lipinski definition) is 0. The molecular formula is C11H17FO3. The SMILES string of the molecule is CC.CCC(=O)C1CCC=C1C(=O)OF. The second kappa shape index (κ2) is 7.15. The average molecular weight is 216 g/mol. The highest BCUT2D eigenvalue weighted by molar-refractivity contribution is 5.98. The molecule has 0 heterocycles. The molecule has 0 radical (unpaired) electrons. The highest BCUT2D eigenvalue weighted by atomic mass is 19.3. The Morgan fingerprint density at radius 2 is 2.13 bits per heavy atom. The zero-order valence-corrected chi connectivity index (χ0v) is 9.38. The molecular weight excluding hydrogens is 199 g/mol. The van der Waals surface area contributed by atoms with Crippen molar-refractivity contribution in [2.45, 2.75) is 40.0 Å². The van der Waals surface area contributed by atoms with Gasteiger partial charge < -0.3 is 0 Å². The third-order valence-electron chi connectivity index (χ3n) is 2.24. The lowest BCUT2D eigenvalue weighted by Gasteiger charge is -2.08. The molecule has 0 bridgehead atoms. The molecule has 0 aromatic carbocycles. The van der Waals surface area contributed by atoms with Crippen LogP contribution >= 0.6 is 0 Å². The summed E-state index contributed by atoms with van der Waals surface area (Å²) in [6, 6.07) is 0. The Balaban J connectivity index is 0.000000921. The first-order valence-electron chi connectivity index (χ1n) is 5.26. The first-order valence-corrected chi connectivity index (χ1v) is 5.26. The van der Waals surface area contributed by atoms with Gasteiger partial charge in [-0.3, -0.25) is 4.79 Å². The van der Waals surface area contributed by atoms with Gasteiger partial charge in [0, 0.05) is 22.4 Å². The summed E-state index contributed by atoms with van der Waals surface area (Å²) in [6.07, 6.45) is 3.17. The number of rotatable bonds is 3. The van der Waals surface area contributed by atoms with Crippen molar-refractivity contribution in [1.29, 1.82) is 0 Å². The fourth-order valence-electron chi connectivity index (χ4n) is 1.55. The van der Waals surface area contributed by atoms with Crippen molar-refractivity contribution in [3.63, 3.8) is 0 Å². The lowest BCUT2D eigenvalue weighted by Crippen LogP contribution is -2.18. The van der Waals surface area contributed by atoms with Gasteiger partial charge in [0.25, 0.3) is 0 Å². The smallest absolute Gasteiger partial charge is 0.299 e. The summed E-state index contributed by atoms with van der Waals surface area (Å²) in [5.41, 5.74) is 0.175. The molecule has 0 saturated carbocycles. The Morgan fingerprint density at radius 1 is 1.53 bits per heavy atom. The fraction of sp³-hybridized carbons (Fsp3) is 0.636. The van der Waals surface area contributed by atoms with Crippen molar-refractivity contribution in [3.8, 4) is 0 Å². The minimum Gasteiger partial charge on any atom is -0.299 e. The summed E-state index contributed by atoms with van der Waals surface area (Å²) in [7, 11) is 0. The summed E-state index contributed by atoms with van der Waals surface area (Å²) in [5, 5.41) is 0. The van der Waals surface area contributed by atoms with Crippen LogP contribution in [0, 0.1) is 5.92 Å². The lowest BCUT2D eigenvalue weighted by molar-refractivity contribution is -0.179. The Labute approximate surface area is 89.2 Å². The Kier molecular flexibility index (Phi) is 6.58. The third-order valence-corrected chi connectivity index (χ3v) is 2.24. The molecule has 15 heavy (non-hydrogen) atoms. The second-order valence-corrected chi connectivity index (χ2v) is 2.97. The quantitative estimate of drug-likeness (QED) is 0.728. The third kappa shape index (κ3) is 3.46. The van der Waals surface area contributed by atoms with Crippen molar-refractivity contribution in [1.82, 2.24) is 0 Å². The first kappa shape index (κ1) is 13.8. The van der Waals surface area contributed by atoms with E-state index >= 15 is 0 Å². The highest BCUT2D eigenvalue weighted by Crippen LogP contribution is 2.28. The van der Waals surface area contributed by atoms with Crippen molar-refractivity contribution in [3.05, 3.63) is 11.6 Å².